The van der Waals surface area contributed by atoms with Crippen LogP contribution in [0.3, 0.4) is 0 Å². The molecule has 4 rings (SSSR count). The summed E-state index contributed by atoms with van der Waals surface area (Å²) in [5.41, 5.74) is 1.97. The van der Waals surface area contributed by atoms with Crippen molar-refractivity contribution in [2.45, 2.75) is 18.9 Å². The number of pyridine rings is 3. The van der Waals surface area contributed by atoms with E-state index in [0.29, 0.717) is 0 Å². The summed E-state index contributed by atoms with van der Waals surface area (Å²) in [7, 11) is 0. The highest BCUT2D eigenvalue weighted by Gasteiger charge is 2.20. The molecule has 4 heterocycles. The van der Waals surface area contributed by atoms with Gasteiger partial charge in [-0.25, -0.2) is 4.98 Å². The van der Waals surface area contributed by atoms with Crippen molar-refractivity contribution in [3.63, 3.8) is 0 Å². The van der Waals surface area contributed by atoms with Gasteiger partial charge in [0.1, 0.15) is 5.82 Å². The lowest BCUT2D eigenvalue weighted by Crippen LogP contribution is -2.36. The van der Waals surface area contributed by atoms with Crippen molar-refractivity contribution in [1.29, 1.82) is 0 Å². The van der Waals surface area contributed by atoms with E-state index in [-0.39, 0.29) is 6.10 Å². The Morgan fingerprint density at radius 1 is 1.00 bits per heavy atom. The number of rotatable bonds is 2. The van der Waals surface area contributed by atoms with Gasteiger partial charge >= 0.3 is 0 Å². The lowest BCUT2D eigenvalue weighted by molar-refractivity contribution is 0.145. The van der Waals surface area contributed by atoms with Crippen molar-refractivity contribution < 1.29 is 5.11 Å². The molecule has 0 bridgehead atoms. The zero-order valence-electron chi connectivity index (χ0n) is 12.8. The van der Waals surface area contributed by atoms with Crippen molar-refractivity contribution in [1.82, 2.24) is 15.0 Å². The highest BCUT2D eigenvalue weighted by atomic mass is 16.3. The van der Waals surface area contributed by atoms with Gasteiger partial charge in [-0.3, -0.25) is 9.97 Å². The van der Waals surface area contributed by atoms with Gasteiger partial charge in [0.2, 0.25) is 0 Å². The number of piperidine rings is 1. The van der Waals surface area contributed by atoms with Crippen molar-refractivity contribution in [2.75, 3.05) is 18.0 Å². The summed E-state index contributed by atoms with van der Waals surface area (Å²) in [6.45, 7) is 1.65. The van der Waals surface area contributed by atoms with E-state index in [1.807, 2.05) is 24.4 Å². The van der Waals surface area contributed by atoms with Gasteiger partial charge in [0.15, 0.2) is 0 Å². The number of aliphatic hydroxyl groups is 1. The van der Waals surface area contributed by atoms with Gasteiger partial charge in [0.05, 0.1) is 11.8 Å². The van der Waals surface area contributed by atoms with E-state index < -0.39 is 0 Å². The molecule has 3 aromatic rings. The Hall–Kier alpha value is -2.53. The van der Waals surface area contributed by atoms with Gasteiger partial charge in [0.25, 0.3) is 0 Å². The summed E-state index contributed by atoms with van der Waals surface area (Å²) in [5, 5.41) is 11.9. The predicted octanol–water partition coefficient (Wildman–Crippen LogP) is 2.65. The van der Waals surface area contributed by atoms with Crippen LogP contribution in [0.5, 0.6) is 0 Å². The molecule has 1 fully saturated rings. The number of anilines is 1. The lowest BCUT2D eigenvalue weighted by atomic mass is 10.1. The first-order valence-electron chi connectivity index (χ1n) is 7.89. The minimum absolute atomic E-state index is 0.192. The Morgan fingerprint density at radius 2 is 1.74 bits per heavy atom. The molecule has 1 aliphatic rings. The first-order valence-corrected chi connectivity index (χ1v) is 7.89. The molecule has 0 radical (unpaired) electrons. The quantitative estimate of drug-likeness (QED) is 0.788. The first-order chi connectivity index (χ1) is 11.3. The SMILES string of the molecule is OC1CCN(c2nc(-c3ccncc3)cc3cnccc23)CC1. The van der Waals surface area contributed by atoms with Crippen LogP contribution in [0.4, 0.5) is 5.82 Å². The van der Waals surface area contributed by atoms with Gasteiger partial charge in [0, 0.05) is 54.2 Å². The Labute approximate surface area is 134 Å². The Bertz CT molecular complexity index is 814. The molecular formula is C18H18N4O. The molecule has 0 spiro atoms. The molecule has 5 heteroatoms. The minimum atomic E-state index is -0.192. The van der Waals surface area contributed by atoms with E-state index >= 15 is 0 Å². The zero-order valence-corrected chi connectivity index (χ0v) is 12.8. The van der Waals surface area contributed by atoms with E-state index in [0.717, 1.165) is 53.8 Å². The molecule has 1 saturated heterocycles. The predicted molar refractivity (Wildman–Crippen MR) is 90.2 cm³/mol. The summed E-state index contributed by atoms with van der Waals surface area (Å²) in [5.74, 6) is 0.976. The maximum Gasteiger partial charge on any atom is 0.137 e. The Balaban J connectivity index is 1.84. The fourth-order valence-corrected chi connectivity index (χ4v) is 3.07. The summed E-state index contributed by atoms with van der Waals surface area (Å²) in [6, 6.07) is 8.02. The van der Waals surface area contributed by atoms with Gasteiger partial charge in [-0.1, -0.05) is 0 Å². The lowest BCUT2D eigenvalue weighted by Gasteiger charge is -2.31. The standard InChI is InChI=1S/C18H18N4O/c23-15-4-9-22(10-5-15)18-16-3-8-20-12-14(16)11-17(21-18)13-1-6-19-7-2-13/h1-3,6-8,11-12,15,23H,4-5,9-10H2. The van der Waals surface area contributed by atoms with E-state index in [1.165, 1.54) is 0 Å². The average molecular weight is 306 g/mol. The fraction of sp³-hybridized carbons (Fsp3) is 0.278. The van der Waals surface area contributed by atoms with Crippen LogP contribution in [0, 0.1) is 0 Å². The number of aliphatic hydroxyl groups excluding tert-OH is 1. The van der Waals surface area contributed by atoms with Crippen LogP contribution >= 0.6 is 0 Å². The Morgan fingerprint density at radius 3 is 2.52 bits per heavy atom. The van der Waals surface area contributed by atoms with Gasteiger partial charge in [-0.05, 0) is 37.1 Å². The average Bonchev–Trinajstić information content (AvgIpc) is 2.62. The van der Waals surface area contributed by atoms with Crippen molar-refractivity contribution in [3.8, 4) is 11.3 Å². The van der Waals surface area contributed by atoms with E-state index in [9.17, 15) is 5.11 Å². The zero-order chi connectivity index (χ0) is 15.6. The summed E-state index contributed by atoms with van der Waals surface area (Å²) >= 11 is 0. The second-order valence-corrected chi connectivity index (χ2v) is 5.88. The molecule has 0 saturated carbocycles. The van der Waals surface area contributed by atoms with Crippen LogP contribution in [0.25, 0.3) is 22.0 Å². The number of nitrogens with zero attached hydrogens (tertiary/aromatic N) is 4. The van der Waals surface area contributed by atoms with E-state index in [4.69, 9.17) is 4.98 Å². The molecule has 116 valence electrons. The normalized spacial score (nSPS) is 16.0. The molecule has 0 aliphatic carbocycles. The van der Waals surface area contributed by atoms with Crippen LogP contribution in [0.2, 0.25) is 0 Å². The molecule has 0 amide bonds. The topological polar surface area (TPSA) is 62.1 Å². The first kappa shape index (κ1) is 14.1. The monoisotopic (exact) mass is 306 g/mol. The second-order valence-electron chi connectivity index (χ2n) is 5.88. The third kappa shape index (κ3) is 2.75. The number of hydrogen-bond donors (Lipinski definition) is 1. The van der Waals surface area contributed by atoms with Crippen molar-refractivity contribution >= 4 is 16.6 Å². The second kappa shape index (κ2) is 5.93. The van der Waals surface area contributed by atoms with Crippen molar-refractivity contribution in [2.24, 2.45) is 0 Å². The molecule has 5 nitrogen and oxygen atoms in total. The van der Waals surface area contributed by atoms with Crippen LogP contribution in [-0.4, -0.2) is 39.3 Å². The van der Waals surface area contributed by atoms with Crippen LogP contribution in [0.15, 0.2) is 49.1 Å². The van der Waals surface area contributed by atoms with Crippen LogP contribution in [0.1, 0.15) is 12.8 Å². The molecule has 1 N–H and O–H groups in total. The smallest absolute Gasteiger partial charge is 0.137 e. The van der Waals surface area contributed by atoms with Gasteiger partial charge in [-0.15, -0.1) is 0 Å². The maximum atomic E-state index is 9.76. The summed E-state index contributed by atoms with van der Waals surface area (Å²) in [4.78, 5) is 15.5. The van der Waals surface area contributed by atoms with E-state index in [1.54, 1.807) is 18.6 Å². The third-order valence-corrected chi connectivity index (χ3v) is 4.35. The highest BCUT2D eigenvalue weighted by molar-refractivity contribution is 5.94. The van der Waals surface area contributed by atoms with E-state index in [2.05, 4.69) is 20.9 Å². The molecule has 1 aliphatic heterocycles. The maximum absolute atomic E-state index is 9.76. The van der Waals surface area contributed by atoms with Crippen LogP contribution < -0.4 is 4.90 Å². The third-order valence-electron chi connectivity index (χ3n) is 4.35. The number of aromatic nitrogens is 3. The van der Waals surface area contributed by atoms with Gasteiger partial charge in [-0.2, -0.15) is 0 Å². The molecule has 3 aromatic heterocycles. The molecule has 0 unspecified atom stereocenters. The minimum Gasteiger partial charge on any atom is -0.393 e. The summed E-state index contributed by atoms with van der Waals surface area (Å²) < 4.78 is 0. The van der Waals surface area contributed by atoms with Gasteiger partial charge < -0.3 is 10.0 Å². The number of fused-ring (bicyclic) bond motifs is 1. The van der Waals surface area contributed by atoms with Crippen molar-refractivity contribution in [3.05, 3.63) is 49.1 Å². The Kier molecular flexibility index (Phi) is 3.63. The summed E-state index contributed by atoms with van der Waals surface area (Å²) in [6.07, 6.45) is 8.62. The molecule has 0 aromatic carbocycles. The highest BCUT2D eigenvalue weighted by Crippen LogP contribution is 2.30. The largest absolute Gasteiger partial charge is 0.393 e. The number of hydrogen-bond acceptors (Lipinski definition) is 5. The molecule has 0 atom stereocenters. The van der Waals surface area contributed by atoms with Crippen LogP contribution in [-0.2, 0) is 0 Å². The molecule has 23 heavy (non-hydrogen) atoms. The fourth-order valence-electron chi connectivity index (χ4n) is 3.07. The molecular weight excluding hydrogens is 288 g/mol.